The molecule has 0 rings (SSSR count). The summed E-state index contributed by atoms with van der Waals surface area (Å²) in [6.07, 6.45) is 19.5. The van der Waals surface area contributed by atoms with Gasteiger partial charge < -0.3 is 9.64 Å². The van der Waals surface area contributed by atoms with Gasteiger partial charge in [-0.25, -0.2) is 4.79 Å². The van der Waals surface area contributed by atoms with Crippen LogP contribution in [0, 0.1) is 0 Å². The molecule has 0 unspecified atom stereocenters. The van der Waals surface area contributed by atoms with Crippen LogP contribution >= 0.6 is 0 Å². The lowest BCUT2D eigenvalue weighted by atomic mass is 10.1. The molecule has 0 saturated heterocycles. The topological polar surface area (TPSA) is 29.5 Å². The van der Waals surface area contributed by atoms with Crippen LogP contribution in [0.3, 0.4) is 0 Å². The van der Waals surface area contributed by atoms with Crippen molar-refractivity contribution < 1.29 is 9.53 Å². The standard InChI is InChI=1S/C22H43NO2/c1-4-7-8-9-10-11-12-13-14-15-16-17-18-19-22(24)25-21-20-23(5-2)6-3/h18-19H,4-17,20-21H2,1-3H3/b19-18+. The van der Waals surface area contributed by atoms with Crippen LogP contribution in [0.5, 0.6) is 0 Å². The van der Waals surface area contributed by atoms with E-state index in [2.05, 4.69) is 25.7 Å². The van der Waals surface area contributed by atoms with Crippen LogP contribution < -0.4 is 0 Å². The number of hydrogen-bond acceptors (Lipinski definition) is 3. The highest BCUT2D eigenvalue weighted by molar-refractivity contribution is 5.81. The summed E-state index contributed by atoms with van der Waals surface area (Å²) < 4.78 is 5.22. The Morgan fingerprint density at radius 2 is 1.32 bits per heavy atom. The van der Waals surface area contributed by atoms with E-state index >= 15 is 0 Å². The summed E-state index contributed by atoms with van der Waals surface area (Å²) in [6, 6.07) is 0. The SMILES string of the molecule is CCCCCCCCCCCCC/C=C/C(=O)OCCN(CC)CC. The summed E-state index contributed by atoms with van der Waals surface area (Å²) in [5.74, 6) is -0.199. The molecule has 25 heavy (non-hydrogen) atoms. The monoisotopic (exact) mass is 353 g/mol. The van der Waals surface area contributed by atoms with Gasteiger partial charge >= 0.3 is 5.97 Å². The smallest absolute Gasteiger partial charge is 0.330 e. The molecule has 0 bridgehead atoms. The zero-order chi connectivity index (χ0) is 18.6. The van der Waals surface area contributed by atoms with E-state index in [-0.39, 0.29) is 5.97 Å². The fourth-order valence-electron chi connectivity index (χ4n) is 2.97. The van der Waals surface area contributed by atoms with Crippen molar-refractivity contribution in [2.45, 2.75) is 97.8 Å². The first kappa shape index (κ1) is 24.2. The lowest BCUT2D eigenvalue weighted by Crippen LogP contribution is -2.27. The zero-order valence-electron chi connectivity index (χ0n) is 17.2. The number of likely N-dealkylation sites (N-methyl/N-ethyl adjacent to an activating group) is 1. The first-order valence-electron chi connectivity index (χ1n) is 10.8. The number of esters is 1. The minimum atomic E-state index is -0.199. The summed E-state index contributed by atoms with van der Waals surface area (Å²) in [5.41, 5.74) is 0. The Bertz CT molecular complexity index is 311. The van der Waals surface area contributed by atoms with Crippen LogP contribution in [0.1, 0.15) is 97.8 Å². The van der Waals surface area contributed by atoms with Gasteiger partial charge in [-0.15, -0.1) is 0 Å². The van der Waals surface area contributed by atoms with E-state index in [4.69, 9.17) is 4.74 Å². The lowest BCUT2D eigenvalue weighted by molar-refractivity contribution is -0.138. The van der Waals surface area contributed by atoms with E-state index in [1.54, 1.807) is 6.08 Å². The summed E-state index contributed by atoms with van der Waals surface area (Å²) in [7, 11) is 0. The maximum absolute atomic E-state index is 11.6. The summed E-state index contributed by atoms with van der Waals surface area (Å²) in [6.45, 7) is 9.84. The van der Waals surface area contributed by atoms with Gasteiger partial charge in [0.05, 0.1) is 0 Å². The Kier molecular flexibility index (Phi) is 18.8. The molecule has 0 aromatic rings. The van der Waals surface area contributed by atoms with E-state index in [0.29, 0.717) is 6.61 Å². The Labute approximate surface area is 157 Å². The summed E-state index contributed by atoms with van der Waals surface area (Å²) in [5, 5.41) is 0. The van der Waals surface area contributed by atoms with Crippen molar-refractivity contribution in [2.24, 2.45) is 0 Å². The zero-order valence-corrected chi connectivity index (χ0v) is 17.2. The first-order valence-corrected chi connectivity index (χ1v) is 10.8. The number of hydrogen-bond donors (Lipinski definition) is 0. The number of nitrogens with zero attached hydrogens (tertiary/aromatic N) is 1. The van der Waals surface area contributed by atoms with Crippen molar-refractivity contribution in [1.82, 2.24) is 4.90 Å². The van der Waals surface area contributed by atoms with Gasteiger partial charge in [-0.05, 0) is 25.9 Å². The van der Waals surface area contributed by atoms with Gasteiger partial charge in [0.1, 0.15) is 6.61 Å². The number of allylic oxidation sites excluding steroid dienone is 1. The molecule has 0 fully saturated rings. The van der Waals surface area contributed by atoms with Crippen molar-refractivity contribution in [2.75, 3.05) is 26.2 Å². The Morgan fingerprint density at radius 1 is 0.800 bits per heavy atom. The third kappa shape index (κ3) is 17.8. The second-order valence-electron chi connectivity index (χ2n) is 6.92. The normalized spacial score (nSPS) is 11.5. The van der Waals surface area contributed by atoms with E-state index < -0.39 is 0 Å². The maximum atomic E-state index is 11.6. The Morgan fingerprint density at radius 3 is 1.84 bits per heavy atom. The minimum Gasteiger partial charge on any atom is -0.461 e. The number of unbranched alkanes of at least 4 members (excludes halogenated alkanes) is 11. The van der Waals surface area contributed by atoms with Crippen LogP contribution in [-0.2, 0) is 9.53 Å². The molecular weight excluding hydrogens is 310 g/mol. The molecule has 0 aliphatic rings. The number of carbonyl (C=O) groups is 1. The van der Waals surface area contributed by atoms with Gasteiger partial charge in [-0.3, -0.25) is 0 Å². The fraction of sp³-hybridized carbons (Fsp3) is 0.864. The van der Waals surface area contributed by atoms with Gasteiger partial charge in [0.2, 0.25) is 0 Å². The molecule has 0 spiro atoms. The van der Waals surface area contributed by atoms with E-state index in [1.165, 1.54) is 70.6 Å². The van der Waals surface area contributed by atoms with Crippen LogP contribution in [0.2, 0.25) is 0 Å². The minimum absolute atomic E-state index is 0.199. The summed E-state index contributed by atoms with van der Waals surface area (Å²) >= 11 is 0. The van der Waals surface area contributed by atoms with E-state index in [1.807, 2.05) is 6.08 Å². The highest BCUT2D eigenvalue weighted by Crippen LogP contribution is 2.12. The number of rotatable bonds is 18. The third-order valence-corrected chi connectivity index (χ3v) is 4.77. The van der Waals surface area contributed by atoms with Crippen LogP contribution in [0.4, 0.5) is 0 Å². The molecule has 3 nitrogen and oxygen atoms in total. The predicted molar refractivity (Wildman–Crippen MR) is 109 cm³/mol. The molecular formula is C22H43NO2. The maximum Gasteiger partial charge on any atom is 0.330 e. The molecule has 0 N–H and O–H groups in total. The molecule has 0 saturated carbocycles. The molecule has 0 aromatic carbocycles. The molecule has 0 amide bonds. The molecule has 0 heterocycles. The van der Waals surface area contributed by atoms with Gasteiger partial charge in [-0.1, -0.05) is 91.1 Å². The Balaban J connectivity index is 3.32. The highest BCUT2D eigenvalue weighted by atomic mass is 16.5. The Hall–Kier alpha value is -0.830. The second-order valence-corrected chi connectivity index (χ2v) is 6.92. The first-order chi connectivity index (χ1) is 12.2. The second kappa shape index (κ2) is 19.5. The van der Waals surface area contributed by atoms with Gasteiger partial charge in [0, 0.05) is 12.6 Å². The van der Waals surface area contributed by atoms with Crippen molar-refractivity contribution >= 4 is 5.97 Å². The number of carbonyl (C=O) groups excluding carboxylic acids is 1. The van der Waals surface area contributed by atoms with Gasteiger partial charge in [0.25, 0.3) is 0 Å². The summed E-state index contributed by atoms with van der Waals surface area (Å²) in [4.78, 5) is 13.8. The van der Waals surface area contributed by atoms with Crippen LogP contribution in [-0.4, -0.2) is 37.1 Å². The highest BCUT2D eigenvalue weighted by Gasteiger charge is 2.01. The molecule has 0 aromatic heterocycles. The average Bonchev–Trinajstić information content (AvgIpc) is 2.62. The molecule has 0 aliphatic carbocycles. The fourth-order valence-corrected chi connectivity index (χ4v) is 2.97. The molecule has 3 heteroatoms. The van der Waals surface area contributed by atoms with Crippen molar-refractivity contribution in [3.63, 3.8) is 0 Å². The third-order valence-electron chi connectivity index (χ3n) is 4.77. The van der Waals surface area contributed by atoms with Crippen molar-refractivity contribution in [1.29, 1.82) is 0 Å². The molecule has 0 aliphatic heterocycles. The molecule has 0 radical (unpaired) electrons. The molecule has 148 valence electrons. The van der Waals surface area contributed by atoms with E-state index in [9.17, 15) is 4.79 Å². The van der Waals surface area contributed by atoms with Crippen LogP contribution in [0.25, 0.3) is 0 Å². The van der Waals surface area contributed by atoms with Crippen LogP contribution in [0.15, 0.2) is 12.2 Å². The quantitative estimate of drug-likeness (QED) is 0.169. The van der Waals surface area contributed by atoms with Crippen molar-refractivity contribution in [3.05, 3.63) is 12.2 Å². The van der Waals surface area contributed by atoms with E-state index in [0.717, 1.165) is 26.1 Å². The molecule has 0 atom stereocenters. The predicted octanol–water partition coefficient (Wildman–Crippen LogP) is 6.13. The average molecular weight is 354 g/mol. The van der Waals surface area contributed by atoms with Crippen molar-refractivity contribution in [3.8, 4) is 0 Å². The number of ether oxygens (including phenoxy) is 1. The lowest BCUT2D eigenvalue weighted by Gasteiger charge is -2.16. The van der Waals surface area contributed by atoms with Gasteiger partial charge in [-0.2, -0.15) is 0 Å². The van der Waals surface area contributed by atoms with Gasteiger partial charge in [0.15, 0.2) is 0 Å². The largest absolute Gasteiger partial charge is 0.461 e.